The summed E-state index contributed by atoms with van der Waals surface area (Å²) in [6.07, 6.45) is 1.15. The van der Waals surface area contributed by atoms with Crippen LogP contribution in [0.15, 0.2) is 0 Å². The highest BCUT2D eigenvalue weighted by atomic mass is 28.4. The Labute approximate surface area is 147 Å². The lowest BCUT2D eigenvalue weighted by molar-refractivity contribution is -0.139. The molecule has 0 aliphatic heterocycles. The Kier molecular flexibility index (Phi) is 8.95. The Morgan fingerprint density at radius 3 is 1.96 bits per heavy atom. The third-order valence-electron chi connectivity index (χ3n) is 4.01. The van der Waals surface area contributed by atoms with Gasteiger partial charge in [0.25, 0.3) is 5.97 Å². The average molecular weight is 378 g/mol. The standard InChI is InChI=1S/C16H39NO3Si3/c1-15(16(18)20-22(6,7)8)14-17(21(3,4)5)12-11-13-23(9,10)19-2/h15H,11-14H2,1-10H3. The minimum Gasteiger partial charge on any atom is -0.520 e. The molecule has 0 rings (SSSR count). The summed E-state index contributed by atoms with van der Waals surface area (Å²) in [4.78, 5) is 12.3. The zero-order valence-electron chi connectivity index (χ0n) is 17.1. The second kappa shape index (κ2) is 8.94. The molecule has 0 aliphatic rings. The number of rotatable bonds is 10. The van der Waals surface area contributed by atoms with Crippen LogP contribution in [0, 0.1) is 5.92 Å². The summed E-state index contributed by atoms with van der Waals surface area (Å²) in [5.41, 5.74) is 0. The molecular formula is C16H39NO3Si3. The van der Waals surface area contributed by atoms with Gasteiger partial charge < -0.3 is 13.4 Å². The molecule has 1 atom stereocenters. The van der Waals surface area contributed by atoms with Crippen LogP contribution < -0.4 is 0 Å². The van der Waals surface area contributed by atoms with Crippen molar-refractivity contribution in [3.05, 3.63) is 0 Å². The van der Waals surface area contributed by atoms with E-state index in [0.717, 1.165) is 25.6 Å². The smallest absolute Gasteiger partial charge is 0.296 e. The summed E-state index contributed by atoms with van der Waals surface area (Å²) in [5, 5.41) is 0. The summed E-state index contributed by atoms with van der Waals surface area (Å²) in [5.74, 6) is -0.0832. The van der Waals surface area contributed by atoms with Gasteiger partial charge >= 0.3 is 0 Å². The summed E-state index contributed by atoms with van der Waals surface area (Å²) in [7, 11) is -2.92. The van der Waals surface area contributed by atoms with Crippen molar-refractivity contribution in [1.29, 1.82) is 0 Å². The first-order valence-electron chi connectivity index (χ1n) is 8.71. The van der Waals surface area contributed by atoms with E-state index >= 15 is 0 Å². The molecule has 7 heteroatoms. The van der Waals surface area contributed by atoms with Gasteiger partial charge in [-0.15, -0.1) is 0 Å². The molecule has 0 aromatic heterocycles. The van der Waals surface area contributed by atoms with Crippen molar-refractivity contribution in [3.8, 4) is 0 Å². The van der Waals surface area contributed by atoms with Crippen molar-refractivity contribution >= 4 is 30.8 Å². The Morgan fingerprint density at radius 1 is 1.04 bits per heavy atom. The van der Waals surface area contributed by atoms with E-state index in [2.05, 4.69) is 56.9 Å². The van der Waals surface area contributed by atoms with Crippen LogP contribution in [0.1, 0.15) is 13.3 Å². The number of hydrogen-bond acceptors (Lipinski definition) is 4. The van der Waals surface area contributed by atoms with E-state index in [9.17, 15) is 4.79 Å². The summed E-state index contributed by atoms with van der Waals surface area (Å²) < 4.78 is 13.9. The molecule has 138 valence electrons. The highest BCUT2D eigenvalue weighted by Gasteiger charge is 2.30. The van der Waals surface area contributed by atoms with Crippen molar-refractivity contribution < 1.29 is 13.6 Å². The molecule has 0 aliphatic carbocycles. The number of carbonyl (C=O) groups is 1. The van der Waals surface area contributed by atoms with Crippen LogP contribution in [0.2, 0.25) is 58.4 Å². The molecule has 0 saturated heterocycles. The number of carbonyl (C=O) groups excluding carboxylic acids is 1. The van der Waals surface area contributed by atoms with Gasteiger partial charge in [-0.1, -0.05) is 26.6 Å². The fourth-order valence-corrected chi connectivity index (χ4v) is 5.97. The molecule has 0 bridgehead atoms. The molecule has 0 fully saturated rings. The van der Waals surface area contributed by atoms with E-state index in [1.807, 2.05) is 14.0 Å². The SMILES string of the molecule is CO[Si](C)(C)CCCN(CC(C)C(=O)O[Si](C)(C)C)[Si](C)(C)C. The van der Waals surface area contributed by atoms with E-state index in [1.165, 1.54) is 0 Å². The summed E-state index contributed by atoms with van der Waals surface area (Å²) in [6.45, 7) is 21.6. The summed E-state index contributed by atoms with van der Waals surface area (Å²) >= 11 is 0. The molecule has 0 spiro atoms. The Balaban J connectivity index is 4.66. The lowest BCUT2D eigenvalue weighted by Gasteiger charge is -2.36. The van der Waals surface area contributed by atoms with Crippen molar-refractivity contribution in [3.63, 3.8) is 0 Å². The first kappa shape index (κ1) is 23.0. The predicted octanol–water partition coefficient (Wildman–Crippen LogP) is 4.38. The maximum atomic E-state index is 12.3. The van der Waals surface area contributed by atoms with Gasteiger partial charge in [-0.25, -0.2) is 0 Å². The highest BCUT2D eigenvalue weighted by Crippen LogP contribution is 2.18. The Hall–Kier alpha value is 0.0406. The topological polar surface area (TPSA) is 38.8 Å². The zero-order valence-corrected chi connectivity index (χ0v) is 20.1. The van der Waals surface area contributed by atoms with Crippen LogP contribution in [-0.2, 0) is 13.6 Å². The predicted molar refractivity (Wildman–Crippen MR) is 107 cm³/mol. The van der Waals surface area contributed by atoms with Crippen LogP contribution >= 0.6 is 0 Å². The van der Waals surface area contributed by atoms with Crippen LogP contribution in [0.25, 0.3) is 0 Å². The zero-order chi connectivity index (χ0) is 18.5. The van der Waals surface area contributed by atoms with Gasteiger partial charge in [0.15, 0.2) is 8.32 Å². The maximum Gasteiger partial charge on any atom is 0.296 e. The summed E-state index contributed by atoms with van der Waals surface area (Å²) in [6, 6.07) is 1.16. The van der Waals surface area contributed by atoms with Crippen molar-refractivity contribution in [2.45, 2.75) is 71.8 Å². The molecule has 0 saturated carbocycles. The van der Waals surface area contributed by atoms with Gasteiger partial charge in [0.2, 0.25) is 8.32 Å². The Morgan fingerprint density at radius 2 is 1.57 bits per heavy atom. The van der Waals surface area contributed by atoms with Gasteiger partial charge in [-0.3, -0.25) is 4.79 Å². The van der Waals surface area contributed by atoms with Gasteiger partial charge in [0.05, 0.1) is 5.92 Å². The number of hydrogen-bond donors (Lipinski definition) is 0. The van der Waals surface area contributed by atoms with Crippen molar-refractivity contribution in [1.82, 2.24) is 4.57 Å². The first-order chi connectivity index (χ1) is 10.2. The van der Waals surface area contributed by atoms with Crippen molar-refractivity contribution in [2.75, 3.05) is 20.2 Å². The molecule has 0 radical (unpaired) electrons. The van der Waals surface area contributed by atoms with E-state index in [4.69, 9.17) is 8.85 Å². The Bertz CT molecular complexity index is 376. The largest absolute Gasteiger partial charge is 0.520 e. The molecule has 23 heavy (non-hydrogen) atoms. The monoisotopic (exact) mass is 377 g/mol. The minimum atomic E-state index is -1.80. The van der Waals surface area contributed by atoms with E-state index < -0.39 is 24.9 Å². The molecule has 0 aromatic rings. The second-order valence-electron chi connectivity index (χ2n) is 9.12. The highest BCUT2D eigenvalue weighted by molar-refractivity contribution is 6.73. The third kappa shape index (κ3) is 10.5. The normalized spacial score (nSPS) is 14.9. The van der Waals surface area contributed by atoms with Gasteiger partial charge in [-0.2, -0.15) is 0 Å². The van der Waals surface area contributed by atoms with Crippen LogP contribution in [0.3, 0.4) is 0 Å². The quantitative estimate of drug-likeness (QED) is 0.530. The van der Waals surface area contributed by atoms with Crippen LogP contribution in [-0.4, -0.2) is 55.6 Å². The fraction of sp³-hybridized carbons (Fsp3) is 0.938. The van der Waals surface area contributed by atoms with E-state index in [0.29, 0.717) is 0 Å². The van der Waals surface area contributed by atoms with Gasteiger partial charge in [0.1, 0.15) is 8.24 Å². The minimum absolute atomic E-state index is 0.0287. The van der Waals surface area contributed by atoms with Crippen LogP contribution in [0.4, 0.5) is 0 Å². The molecular weight excluding hydrogens is 338 g/mol. The maximum absolute atomic E-state index is 12.3. The third-order valence-corrected chi connectivity index (χ3v) is 9.79. The molecule has 1 unspecified atom stereocenters. The fourth-order valence-electron chi connectivity index (χ4n) is 2.31. The lowest BCUT2D eigenvalue weighted by Crippen LogP contribution is -2.50. The van der Waals surface area contributed by atoms with E-state index in [-0.39, 0.29) is 11.9 Å². The first-order valence-corrected chi connectivity index (χ1v) is 18.7. The van der Waals surface area contributed by atoms with Crippen LogP contribution in [0.5, 0.6) is 0 Å². The number of nitrogens with zero attached hydrogens (tertiary/aromatic N) is 1. The molecule has 0 heterocycles. The lowest BCUT2D eigenvalue weighted by atomic mass is 10.2. The van der Waals surface area contributed by atoms with Gasteiger partial charge in [-0.05, 0) is 51.7 Å². The molecule has 0 aromatic carbocycles. The molecule has 0 amide bonds. The van der Waals surface area contributed by atoms with Gasteiger partial charge in [0, 0.05) is 13.7 Å². The van der Waals surface area contributed by atoms with E-state index in [1.54, 1.807) is 0 Å². The molecule has 0 N–H and O–H groups in total. The second-order valence-corrected chi connectivity index (χ2v) is 22.9. The van der Waals surface area contributed by atoms with Crippen molar-refractivity contribution in [2.24, 2.45) is 5.92 Å². The molecule has 4 nitrogen and oxygen atoms in total. The average Bonchev–Trinajstić information content (AvgIpc) is 2.34.